The Bertz CT molecular complexity index is 481. The molecule has 20 heavy (non-hydrogen) atoms. The van der Waals surface area contributed by atoms with Crippen LogP contribution in [0.4, 0.5) is 5.82 Å². The van der Waals surface area contributed by atoms with Gasteiger partial charge in [0.15, 0.2) is 0 Å². The lowest BCUT2D eigenvalue weighted by atomic mass is 10.1. The summed E-state index contributed by atoms with van der Waals surface area (Å²) in [5.41, 5.74) is 0.300. The van der Waals surface area contributed by atoms with Gasteiger partial charge in [-0.05, 0) is 37.8 Å². The van der Waals surface area contributed by atoms with E-state index in [9.17, 15) is 4.79 Å². The maximum absolute atomic E-state index is 12.6. The number of hydrogen-bond donors (Lipinski definition) is 2. The Kier molecular flexibility index (Phi) is 5.20. The molecule has 0 spiro atoms. The molecular weight excluding hydrogens is 278 g/mol. The normalized spacial score (nSPS) is 18.4. The molecule has 1 aliphatic heterocycles. The highest BCUT2D eigenvalue weighted by atomic mass is 35.5. The number of pyridine rings is 1. The zero-order chi connectivity index (χ0) is 14.5. The number of carbonyl (C=O) groups excluding carboxylic acids is 1. The highest BCUT2D eigenvalue weighted by Crippen LogP contribution is 2.26. The smallest absolute Gasteiger partial charge is 0.274 e. The fourth-order valence-electron chi connectivity index (χ4n) is 2.60. The first-order valence-electron chi connectivity index (χ1n) is 6.93. The Balaban J connectivity index is 2.17. The van der Waals surface area contributed by atoms with Crippen molar-refractivity contribution in [3.8, 4) is 0 Å². The molecule has 1 unspecified atom stereocenters. The lowest BCUT2D eigenvalue weighted by Gasteiger charge is -2.24. The van der Waals surface area contributed by atoms with E-state index in [-0.39, 0.29) is 18.6 Å². The Morgan fingerprint density at radius 3 is 3.10 bits per heavy atom. The van der Waals surface area contributed by atoms with Crippen molar-refractivity contribution in [3.05, 3.63) is 22.8 Å². The van der Waals surface area contributed by atoms with Crippen molar-refractivity contribution in [3.63, 3.8) is 0 Å². The first-order valence-corrected chi connectivity index (χ1v) is 7.31. The van der Waals surface area contributed by atoms with Gasteiger partial charge in [0.1, 0.15) is 11.5 Å². The van der Waals surface area contributed by atoms with Gasteiger partial charge in [-0.15, -0.1) is 0 Å². The van der Waals surface area contributed by atoms with Crippen molar-refractivity contribution in [2.45, 2.75) is 31.7 Å². The van der Waals surface area contributed by atoms with E-state index in [0.717, 1.165) is 25.8 Å². The number of halogens is 1. The van der Waals surface area contributed by atoms with E-state index in [1.165, 1.54) is 0 Å². The molecule has 2 rings (SSSR count). The number of nitrogens with zero attached hydrogens (tertiary/aromatic N) is 2. The van der Waals surface area contributed by atoms with Crippen LogP contribution < -0.4 is 5.32 Å². The summed E-state index contributed by atoms with van der Waals surface area (Å²) in [7, 11) is 1.75. The maximum Gasteiger partial charge on any atom is 0.274 e. The molecule has 0 saturated carbocycles. The van der Waals surface area contributed by atoms with Crippen molar-refractivity contribution in [2.75, 3.05) is 25.5 Å². The van der Waals surface area contributed by atoms with E-state index < -0.39 is 0 Å². The molecule has 2 heterocycles. The van der Waals surface area contributed by atoms with Gasteiger partial charge in [0.2, 0.25) is 0 Å². The predicted octanol–water partition coefficient (Wildman–Crippen LogP) is 2.15. The number of rotatable bonds is 5. The summed E-state index contributed by atoms with van der Waals surface area (Å²) in [4.78, 5) is 18.7. The van der Waals surface area contributed by atoms with Crippen LogP contribution in [0.15, 0.2) is 12.1 Å². The quantitative estimate of drug-likeness (QED) is 0.874. The van der Waals surface area contributed by atoms with E-state index in [4.69, 9.17) is 16.7 Å². The molecule has 1 aromatic rings. The second-order valence-corrected chi connectivity index (χ2v) is 5.34. The van der Waals surface area contributed by atoms with E-state index >= 15 is 0 Å². The molecular formula is C14H20ClN3O2. The molecule has 0 radical (unpaired) electrons. The maximum atomic E-state index is 12.6. The summed E-state index contributed by atoms with van der Waals surface area (Å²) in [6.45, 7) is 0.892. The summed E-state index contributed by atoms with van der Waals surface area (Å²) in [5, 5.41) is 12.2. The van der Waals surface area contributed by atoms with Crippen LogP contribution in [0.1, 0.15) is 36.2 Å². The number of hydrogen-bond acceptors (Lipinski definition) is 4. The molecule has 1 fully saturated rings. The Labute approximate surface area is 123 Å². The fraction of sp³-hybridized carbons (Fsp3) is 0.571. The minimum absolute atomic E-state index is 0.118. The molecule has 0 bridgehead atoms. The van der Waals surface area contributed by atoms with Gasteiger partial charge in [-0.3, -0.25) is 4.79 Å². The third-order valence-electron chi connectivity index (χ3n) is 3.64. The zero-order valence-electron chi connectivity index (χ0n) is 11.6. The fourth-order valence-corrected chi connectivity index (χ4v) is 2.78. The third kappa shape index (κ3) is 3.22. The van der Waals surface area contributed by atoms with Gasteiger partial charge in [0.05, 0.1) is 5.02 Å². The topological polar surface area (TPSA) is 65.5 Å². The van der Waals surface area contributed by atoms with Crippen molar-refractivity contribution < 1.29 is 9.90 Å². The summed E-state index contributed by atoms with van der Waals surface area (Å²) in [5.74, 6) is 0.511. The van der Waals surface area contributed by atoms with Gasteiger partial charge >= 0.3 is 0 Å². The first-order chi connectivity index (χ1) is 9.67. The molecule has 0 aliphatic carbocycles. The Morgan fingerprint density at radius 1 is 1.60 bits per heavy atom. The Morgan fingerprint density at radius 2 is 2.40 bits per heavy atom. The Hall–Kier alpha value is -1.33. The highest BCUT2D eigenvalue weighted by Gasteiger charge is 2.30. The summed E-state index contributed by atoms with van der Waals surface area (Å²) < 4.78 is 0. The van der Waals surface area contributed by atoms with Gasteiger partial charge in [-0.25, -0.2) is 4.98 Å². The van der Waals surface area contributed by atoms with E-state index in [1.807, 2.05) is 4.90 Å². The monoisotopic (exact) mass is 297 g/mol. The molecule has 1 amide bonds. The van der Waals surface area contributed by atoms with Crippen molar-refractivity contribution in [1.29, 1.82) is 0 Å². The largest absolute Gasteiger partial charge is 0.396 e. The molecule has 5 nitrogen and oxygen atoms in total. The third-order valence-corrected chi connectivity index (χ3v) is 3.94. The average Bonchev–Trinajstić information content (AvgIpc) is 2.93. The minimum Gasteiger partial charge on any atom is -0.396 e. The predicted molar refractivity (Wildman–Crippen MR) is 79.2 cm³/mol. The van der Waals surface area contributed by atoms with Crippen LogP contribution in [0.2, 0.25) is 5.02 Å². The number of carbonyl (C=O) groups is 1. The number of anilines is 1. The summed E-state index contributed by atoms with van der Waals surface area (Å²) in [6.07, 6.45) is 3.51. The summed E-state index contributed by atoms with van der Waals surface area (Å²) >= 11 is 6.10. The average molecular weight is 298 g/mol. The number of nitrogens with one attached hydrogen (secondary N) is 1. The van der Waals surface area contributed by atoms with Gasteiger partial charge < -0.3 is 15.3 Å². The minimum atomic E-state index is -0.118. The van der Waals surface area contributed by atoms with Crippen LogP contribution in [0.3, 0.4) is 0 Å². The van der Waals surface area contributed by atoms with Gasteiger partial charge in [0, 0.05) is 26.2 Å². The molecule has 110 valence electrons. The van der Waals surface area contributed by atoms with Crippen molar-refractivity contribution in [2.24, 2.45) is 0 Å². The standard InChI is InChI=1S/C14H20ClN3O2/c1-16-12-7-6-11(15)13(17-12)14(20)18-8-2-4-10(18)5-3-9-19/h6-7,10,19H,2-5,8-9H2,1H3,(H,16,17). The molecule has 6 heteroatoms. The second-order valence-electron chi connectivity index (χ2n) is 4.94. The van der Waals surface area contributed by atoms with Crippen LogP contribution in [0.25, 0.3) is 0 Å². The van der Waals surface area contributed by atoms with Gasteiger partial charge in [-0.1, -0.05) is 11.6 Å². The van der Waals surface area contributed by atoms with Crippen molar-refractivity contribution in [1.82, 2.24) is 9.88 Å². The highest BCUT2D eigenvalue weighted by molar-refractivity contribution is 6.33. The van der Waals surface area contributed by atoms with Crippen molar-refractivity contribution >= 4 is 23.3 Å². The zero-order valence-corrected chi connectivity index (χ0v) is 12.4. The van der Waals surface area contributed by atoms with E-state index in [2.05, 4.69) is 10.3 Å². The number of aromatic nitrogens is 1. The lowest BCUT2D eigenvalue weighted by molar-refractivity contribution is 0.0719. The molecule has 2 N–H and O–H groups in total. The van der Waals surface area contributed by atoms with Crippen LogP contribution in [0.5, 0.6) is 0 Å². The second kappa shape index (κ2) is 6.90. The number of likely N-dealkylation sites (tertiary alicyclic amines) is 1. The summed E-state index contributed by atoms with van der Waals surface area (Å²) in [6, 6.07) is 3.62. The van der Waals surface area contributed by atoms with Gasteiger partial charge in [0.25, 0.3) is 5.91 Å². The van der Waals surface area contributed by atoms with Crippen LogP contribution in [-0.2, 0) is 0 Å². The van der Waals surface area contributed by atoms with Crippen LogP contribution in [0, 0.1) is 0 Å². The van der Waals surface area contributed by atoms with Crippen LogP contribution >= 0.6 is 11.6 Å². The lowest BCUT2D eigenvalue weighted by Crippen LogP contribution is -2.36. The molecule has 1 atom stereocenters. The number of aliphatic hydroxyl groups is 1. The molecule has 0 aromatic carbocycles. The van der Waals surface area contributed by atoms with E-state index in [1.54, 1.807) is 19.2 Å². The molecule has 1 aliphatic rings. The molecule has 1 aromatic heterocycles. The molecule has 1 saturated heterocycles. The first kappa shape index (κ1) is 15.1. The number of amides is 1. The van der Waals surface area contributed by atoms with E-state index in [0.29, 0.717) is 23.0 Å². The van der Waals surface area contributed by atoms with Gasteiger partial charge in [-0.2, -0.15) is 0 Å². The van der Waals surface area contributed by atoms with Crippen LogP contribution in [-0.4, -0.2) is 47.1 Å². The SMILES string of the molecule is CNc1ccc(Cl)c(C(=O)N2CCCC2CCCO)n1. The number of aliphatic hydroxyl groups excluding tert-OH is 1.